The second-order valence-corrected chi connectivity index (χ2v) is 8.58. The number of hydrogen-bond acceptors (Lipinski definition) is 2. The number of halogens is 1. The number of nitrogens with one attached hydrogen (secondary N) is 1. The number of thiophene rings is 1. The molecule has 134 valence electrons. The molecule has 5 heteroatoms. The van der Waals surface area contributed by atoms with Gasteiger partial charge in [-0.15, -0.1) is 11.3 Å². The van der Waals surface area contributed by atoms with Crippen molar-refractivity contribution in [2.24, 2.45) is 11.8 Å². The fraction of sp³-hybridized carbons (Fsp3) is 0.381. The molecule has 2 saturated carbocycles. The zero-order valence-electron chi connectivity index (χ0n) is 14.5. The lowest BCUT2D eigenvalue weighted by molar-refractivity contribution is 0.0914. The lowest BCUT2D eigenvalue weighted by atomic mass is 9.95. The van der Waals surface area contributed by atoms with Gasteiger partial charge in [-0.25, -0.2) is 4.39 Å². The summed E-state index contributed by atoms with van der Waals surface area (Å²) in [5, 5.41) is 6.39. The van der Waals surface area contributed by atoms with Crippen LogP contribution in [0.2, 0.25) is 0 Å². The summed E-state index contributed by atoms with van der Waals surface area (Å²) in [6.07, 6.45) is 4.96. The quantitative estimate of drug-likeness (QED) is 0.705. The number of nitrogens with zero attached hydrogens (tertiary/aromatic N) is 1. The van der Waals surface area contributed by atoms with Gasteiger partial charge in [-0.2, -0.15) is 0 Å². The normalized spacial score (nSPS) is 24.4. The van der Waals surface area contributed by atoms with Crippen LogP contribution >= 0.6 is 11.3 Å². The molecule has 2 aliphatic carbocycles. The molecular weight excluding hydrogens is 347 g/mol. The van der Waals surface area contributed by atoms with E-state index in [0.717, 1.165) is 28.1 Å². The van der Waals surface area contributed by atoms with Gasteiger partial charge in [0.25, 0.3) is 5.91 Å². The van der Waals surface area contributed by atoms with E-state index in [9.17, 15) is 9.18 Å². The third-order valence-electron chi connectivity index (χ3n) is 6.02. The average Bonchev–Trinajstić information content (AvgIpc) is 3.37. The van der Waals surface area contributed by atoms with Gasteiger partial charge in [-0.3, -0.25) is 4.79 Å². The molecule has 2 bridgehead atoms. The van der Waals surface area contributed by atoms with Gasteiger partial charge < -0.3 is 9.88 Å². The van der Waals surface area contributed by atoms with Crippen LogP contribution in [0.15, 0.2) is 41.8 Å². The lowest BCUT2D eigenvalue weighted by Gasteiger charge is -2.23. The van der Waals surface area contributed by atoms with Crippen molar-refractivity contribution in [1.82, 2.24) is 9.88 Å². The van der Waals surface area contributed by atoms with Gasteiger partial charge in [0, 0.05) is 18.0 Å². The molecule has 3 aromatic rings. The maximum absolute atomic E-state index is 13.6. The van der Waals surface area contributed by atoms with Crippen molar-refractivity contribution >= 4 is 27.5 Å². The standard InChI is InChI=1S/C21H21FN2OS/c22-17-3-1-2-14(9-17)12-24-19(11-16-6-7-26-21(16)24)20(25)23-18-10-13-4-5-15(18)8-13/h1-3,6-7,9,11,13,15,18H,4-5,8,10,12H2,(H,23,25)/t13-,15-,18+/m1/s1. The van der Waals surface area contributed by atoms with Crippen LogP contribution in [0, 0.1) is 17.7 Å². The maximum atomic E-state index is 13.6. The predicted molar refractivity (Wildman–Crippen MR) is 102 cm³/mol. The van der Waals surface area contributed by atoms with Crippen molar-refractivity contribution in [2.45, 2.75) is 38.3 Å². The van der Waals surface area contributed by atoms with Crippen LogP contribution in [0.4, 0.5) is 4.39 Å². The summed E-state index contributed by atoms with van der Waals surface area (Å²) in [4.78, 5) is 14.1. The van der Waals surface area contributed by atoms with E-state index in [0.29, 0.717) is 24.2 Å². The number of carbonyl (C=O) groups is 1. The van der Waals surface area contributed by atoms with Crippen LogP contribution in [0.1, 0.15) is 41.7 Å². The van der Waals surface area contributed by atoms with Gasteiger partial charge in [0.15, 0.2) is 0 Å². The molecular formula is C21H21FN2OS. The predicted octanol–water partition coefficient (Wildman–Crippen LogP) is 4.81. The van der Waals surface area contributed by atoms with Gasteiger partial charge in [-0.1, -0.05) is 18.6 Å². The first-order valence-electron chi connectivity index (χ1n) is 9.29. The van der Waals surface area contributed by atoms with E-state index in [1.807, 2.05) is 28.1 Å². The zero-order valence-corrected chi connectivity index (χ0v) is 15.3. The number of aromatic nitrogens is 1. The molecule has 1 amide bonds. The van der Waals surface area contributed by atoms with Crippen LogP contribution in [0.3, 0.4) is 0 Å². The number of hydrogen-bond donors (Lipinski definition) is 1. The van der Waals surface area contributed by atoms with E-state index in [4.69, 9.17) is 0 Å². The highest BCUT2D eigenvalue weighted by Crippen LogP contribution is 2.44. The molecule has 2 fully saturated rings. The molecule has 26 heavy (non-hydrogen) atoms. The minimum atomic E-state index is -0.245. The summed E-state index contributed by atoms with van der Waals surface area (Å²) in [6.45, 7) is 0.501. The minimum absolute atomic E-state index is 0.00218. The van der Waals surface area contributed by atoms with Crippen LogP contribution in [0.5, 0.6) is 0 Å². The average molecular weight is 368 g/mol. The third-order valence-corrected chi connectivity index (χ3v) is 6.97. The number of fused-ring (bicyclic) bond motifs is 3. The van der Waals surface area contributed by atoms with Crippen molar-refractivity contribution < 1.29 is 9.18 Å². The largest absolute Gasteiger partial charge is 0.348 e. The molecule has 2 heterocycles. The first kappa shape index (κ1) is 16.1. The van der Waals surface area contributed by atoms with Crippen LogP contribution < -0.4 is 5.32 Å². The Bertz CT molecular complexity index is 975. The van der Waals surface area contributed by atoms with E-state index in [-0.39, 0.29) is 11.7 Å². The topological polar surface area (TPSA) is 34.0 Å². The van der Waals surface area contributed by atoms with Crippen molar-refractivity contribution in [1.29, 1.82) is 0 Å². The van der Waals surface area contributed by atoms with E-state index in [1.54, 1.807) is 17.4 Å². The summed E-state index contributed by atoms with van der Waals surface area (Å²) in [5.41, 5.74) is 1.55. The van der Waals surface area contributed by atoms with Crippen LogP contribution in [-0.2, 0) is 6.54 Å². The highest BCUT2D eigenvalue weighted by atomic mass is 32.1. The first-order valence-corrected chi connectivity index (χ1v) is 10.2. The Morgan fingerprint density at radius 3 is 2.92 bits per heavy atom. The molecule has 2 aromatic heterocycles. The molecule has 3 atom stereocenters. The SMILES string of the molecule is O=C(N[C@H]1C[C@@H]2CC[C@@H]1C2)c1cc2ccsc2n1Cc1cccc(F)c1. The summed E-state index contributed by atoms with van der Waals surface area (Å²) in [5.74, 6) is 1.21. The van der Waals surface area contributed by atoms with Crippen molar-refractivity contribution in [3.8, 4) is 0 Å². The summed E-state index contributed by atoms with van der Waals surface area (Å²) >= 11 is 1.62. The Kier molecular flexibility index (Phi) is 3.85. The van der Waals surface area contributed by atoms with Crippen molar-refractivity contribution in [2.75, 3.05) is 0 Å². The second-order valence-electron chi connectivity index (χ2n) is 7.68. The van der Waals surface area contributed by atoms with Gasteiger partial charge in [0.1, 0.15) is 16.3 Å². The Hall–Kier alpha value is -2.14. The molecule has 2 aliphatic rings. The Labute approximate surface area is 155 Å². The van der Waals surface area contributed by atoms with E-state index in [2.05, 4.69) is 5.32 Å². The molecule has 0 unspecified atom stereocenters. The van der Waals surface area contributed by atoms with E-state index >= 15 is 0 Å². The molecule has 1 aromatic carbocycles. The highest BCUT2D eigenvalue weighted by Gasteiger charge is 2.40. The smallest absolute Gasteiger partial charge is 0.268 e. The van der Waals surface area contributed by atoms with E-state index in [1.165, 1.54) is 31.4 Å². The van der Waals surface area contributed by atoms with Gasteiger partial charge >= 0.3 is 0 Å². The van der Waals surface area contributed by atoms with Crippen LogP contribution in [-0.4, -0.2) is 16.5 Å². The van der Waals surface area contributed by atoms with Gasteiger partial charge in [0.2, 0.25) is 0 Å². The molecule has 0 saturated heterocycles. The number of carbonyl (C=O) groups excluding carboxylic acids is 1. The summed E-state index contributed by atoms with van der Waals surface area (Å²) in [7, 11) is 0. The van der Waals surface area contributed by atoms with E-state index < -0.39 is 0 Å². The maximum Gasteiger partial charge on any atom is 0.268 e. The molecule has 5 rings (SSSR count). The number of amides is 1. The summed E-state index contributed by atoms with van der Waals surface area (Å²) in [6, 6.07) is 10.9. The van der Waals surface area contributed by atoms with Crippen molar-refractivity contribution in [3.63, 3.8) is 0 Å². The van der Waals surface area contributed by atoms with Crippen LogP contribution in [0.25, 0.3) is 10.2 Å². The minimum Gasteiger partial charge on any atom is -0.348 e. The monoisotopic (exact) mass is 368 g/mol. The molecule has 0 aliphatic heterocycles. The first-order chi connectivity index (χ1) is 12.7. The van der Waals surface area contributed by atoms with Crippen molar-refractivity contribution in [3.05, 3.63) is 58.9 Å². The Morgan fingerprint density at radius 1 is 1.23 bits per heavy atom. The Morgan fingerprint density at radius 2 is 2.15 bits per heavy atom. The molecule has 3 nitrogen and oxygen atoms in total. The number of benzene rings is 1. The molecule has 0 radical (unpaired) electrons. The molecule has 0 spiro atoms. The van der Waals surface area contributed by atoms with Gasteiger partial charge in [-0.05, 0) is 66.3 Å². The Balaban J connectivity index is 1.45. The zero-order chi connectivity index (χ0) is 17.7. The lowest BCUT2D eigenvalue weighted by Crippen LogP contribution is -2.39. The second kappa shape index (κ2) is 6.23. The van der Waals surface area contributed by atoms with Gasteiger partial charge in [0.05, 0.1) is 0 Å². The fourth-order valence-electron chi connectivity index (χ4n) is 4.80. The third kappa shape index (κ3) is 2.75. The number of rotatable bonds is 4. The summed E-state index contributed by atoms with van der Waals surface area (Å²) < 4.78 is 15.6. The fourth-order valence-corrected chi connectivity index (χ4v) is 5.70. The highest BCUT2D eigenvalue weighted by molar-refractivity contribution is 7.16. The molecule has 1 N–H and O–H groups in total.